The highest BCUT2D eigenvalue weighted by molar-refractivity contribution is 7.26. The predicted molar refractivity (Wildman–Crippen MR) is 217 cm³/mol. The van der Waals surface area contributed by atoms with Crippen LogP contribution in [0.1, 0.15) is 22.7 Å². The van der Waals surface area contributed by atoms with Crippen LogP contribution in [-0.4, -0.2) is 10.8 Å². The summed E-state index contributed by atoms with van der Waals surface area (Å²) < 4.78 is 2.51. The number of thiophene rings is 1. The van der Waals surface area contributed by atoms with E-state index in [0.717, 1.165) is 39.4 Å². The van der Waals surface area contributed by atoms with Crippen molar-refractivity contribution >= 4 is 86.3 Å². The number of nitrogens with zero attached hydrogens (tertiary/aromatic N) is 2. The van der Waals surface area contributed by atoms with Gasteiger partial charge < -0.3 is 5.32 Å². The van der Waals surface area contributed by atoms with Gasteiger partial charge in [0, 0.05) is 32.0 Å². The maximum absolute atomic E-state index is 5.33. The number of rotatable bonds is 4. The molecule has 0 spiro atoms. The molecule has 1 aliphatic heterocycles. The molecule has 51 heavy (non-hydrogen) atoms. The molecular weight excluding hydrogens is 639 g/mol. The average molecular weight is 668 g/mol. The van der Waals surface area contributed by atoms with E-state index < -0.39 is 0 Å². The number of pyridine rings is 1. The number of benzene rings is 8. The molecule has 10 aromatic rings. The number of aliphatic imine (C=N–C) groups is 1. The molecule has 3 heterocycles. The van der Waals surface area contributed by atoms with Crippen molar-refractivity contribution in [3.05, 3.63) is 180 Å². The summed E-state index contributed by atoms with van der Waals surface area (Å²) in [5.74, 6) is 0.857. The normalized spacial score (nSPS) is 14.9. The number of aromatic nitrogens is 1. The third kappa shape index (κ3) is 4.43. The average Bonchev–Trinajstić information content (AvgIpc) is 3.59. The van der Waals surface area contributed by atoms with E-state index in [1.807, 2.05) is 11.3 Å². The molecule has 0 amide bonds. The largest absolute Gasteiger partial charge is 0.359 e. The number of hydrogen-bond donors (Lipinski definition) is 1. The molecule has 0 radical (unpaired) electrons. The minimum absolute atomic E-state index is 0.0724. The van der Waals surface area contributed by atoms with Gasteiger partial charge in [-0.2, -0.15) is 0 Å². The molecule has 238 valence electrons. The number of nitrogens with one attached hydrogen (secondary N) is 1. The molecule has 1 atom stereocenters. The Balaban J connectivity index is 1.04. The van der Waals surface area contributed by atoms with E-state index in [1.54, 1.807) is 0 Å². The molecule has 0 aliphatic carbocycles. The molecule has 0 saturated heterocycles. The van der Waals surface area contributed by atoms with Crippen LogP contribution >= 0.6 is 11.3 Å². The Morgan fingerprint density at radius 2 is 1.16 bits per heavy atom. The van der Waals surface area contributed by atoms with Gasteiger partial charge in [0.15, 0.2) is 0 Å². The first kappa shape index (κ1) is 28.5. The molecule has 3 nitrogen and oxygen atoms in total. The summed E-state index contributed by atoms with van der Waals surface area (Å²) in [5.41, 5.74) is 7.50. The zero-order chi connectivity index (χ0) is 33.5. The topological polar surface area (TPSA) is 37.3 Å². The van der Waals surface area contributed by atoms with Crippen LogP contribution in [0.25, 0.3) is 80.3 Å². The highest BCUT2D eigenvalue weighted by Crippen LogP contribution is 2.42. The molecule has 0 fully saturated rings. The second kappa shape index (κ2) is 11.1. The van der Waals surface area contributed by atoms with Gasteiger partial charge in [0.2, 0.25) is 0 Å². The summed E-state index contributed by atoms with van der Waals surface area (Å²) in [5, 5.41) is 15.2. The number of hydrogen-bond acceptors (Lipinski definition) is 4. The second-order valence-electron chi connectivity index (χ2n) is 13.4. The maximum Gasteiger partial charge on any atom is 0.134 e. The van der Waals surface area contributed by atoms with Crippen LogP contribution in [0.5, 0.6) is 0 Å². The van der Waals surface area contributed by atoms with E-state index in [0.29, 0.717) is 0 Å². The van der Waals surface area contributed by atoms with Gasteiger partial charge in [-0.25, -0.2) is 9.98 Å². The van der Waals surface area contributed by atoms with Gasteiger partial charge in [-0.05, 0) is 55.6 Å². The fourth-order valence-corrected chi connectivity index (χ4v) is 9.22. The minimum atomic E-state index is -0.0724. The Morgan fingerprint density at radius 1 is 0.490 bits per heavy atom. The van der Waals surface area contributed by atoms with Crippen LogP contribution in [-0.2, 0) is 0 Å². The van der Waals surface area contributed by atoms with Crippen molar-refractivity contribution in [2.45, 2.75) is 6.04 Å². The molecule has 11 rings (SSSR count). The lowest BCUT2D eigenvalue weighted by Crippen LogP contribution is -2.31. The van der Waals surface area contributed by atoms with E-state index in [-0.39, 0.29) is 6.04 Å². The van der Waals surface area contributed by atoms with Gasteiger partial charge in [0.05, 0.1) is 27.6 Å². The molecule has 8 aromatic carbocycles. The van der Waals surface area contributed by atoms with Crippen molar-refractivity contribution in [1.82, 2.24) is 10.3 Å². The minimum Gasteiger partial charge on any atom is -0.359 e. The van der Waals surface area contributed by atoms with Crippen molar-refractivity contribution in [1.29, 1.82) is 0 Å². The molecular formula is C47H29N3S. The quantitative estimate of drug-likeness (QED) is 0.190. The first-order valence-corrected chi connectivity index (χ1v) is 18.2. The summed E-state index contributed by atoms with van der Waals surface area (Å²) in [6.45, 7) is 0. The smallest absolute Gasteiger partial charge is 0.134 e. The zero-order valence-electron chi connectivity index (χ0n) is 27.5. The highest BCUT2D eigenvalue weighted by Gasteiger charge is 2.23. The van der Waals surface area contributed by atoms with Crippen molar-refractivity contribution < 1.29 is 0 Å². The van der Waals surface area contributed by atoms with Gasteiger partial charge in [-0.3, -0.25) is 0 Å². The van der Waals surface area contributed by atoms with E-state index in [4.69, 9.17) is 9.98 Å². The Morgan fingerprint density at radius 3 is 1.98 bits per heavy atom. The lowest BCUT2D eigenvalue weighted by atomic mass is 9.89. The number of amidine groups is 1. The van der Waals surface area contributed by atoms with Crippen molar-refractivity contribution in [2.24, 2.45) is 4.99 Å². The van der Waals surface area contributed by atoms with Crippen LogP contribution < -0.4 is 5.32 Å². The fraction of sp³-hybridized carbons (Fsp3) is 0.0213. The van der Waals surface area contributed by atoms with Crippen LogP contribution in [0.4, 0.5) is 0 Å². The molecule has 1 unspecified atom stereocenters. The molecule has 1 N–H and O–H groups in total. The summed E-state index contributed by atoms with van der Waals surface area (Å²) in [6.07, 6.45) is 2.27. The van der Waals surface area contributed by atoms with Crippen LogP contribution in [0.3, 0.4) is 0 Å². The van der Waals surface area contributed by atoms with E-state index in [1.165, 1.54) is 63.4 Å². The third-order valence-electron chi connectivity index (χ3n) is 10.5. The molecule has 0 saturated carbocycles. The third-order valence-corrected chi connectivity index (χ3v) is 11.7. The highest BCUT2D eigenvalue weighted by atomic mass is 32.1. The molecule has 1 aliphatic rings. The standard InChI is InChI=1S/C47H29N3S/c1-2-9-28(10-3-1)39-27-40(34-25-23-31-18-17-29-11-8-12-30-24-26-35(34)43(31)42(29)30)49-47(48-39)33-21-19-32(20-22-33)44-36-13-4-5-14-37(36)46-45(50-44)38-15-6-7-16-41(38)51-46/h1-27,40H,(H,48,49). The molecule has 0 bridgehead atoms. The van der Waals surface area contributed by atoms with Gasteiger partial charge >= 0.3 is 0 Å². The van der Waals surface area contributed by atoms with E-state index in [9.17, 15) is 0 Å². The van der Waals surface area contributed by atoms with Gasteiger partial charge in [0.1, 0.15) is 5.84 Å². The Hall–Kier alpha value is -6.36. The Bertz CT molecular complexity index is 3030. The van der Waals surface area contributed by atoms with Crippen LogP contribution in [0, 0.1) is 0 Å². The van der Waals surface area contributed by atoms with Crippen molar-refractivity contribution in [3.8, 4) is 11.3 Å². The Labute approximate surface area is 298 Å². The first-order valence-electron chi connectivity index (χ1n) is 17.4. The molecule has 2 aromatic heterocycles. The first-order chi connectivity index (χ1) is 25.3. The summed E-state index contributed by atoms with van der Waals surface area (Å²) in [7, 11) is 0. The lowest BCUT2D eigenvalue weighted by Gasteiger charge is -2.26. The maximum atomic E-state index is 5.33. The second-order valence-corrected chi connectivity index (χ2v) is 14.4. The van der Waals surface area contributed by atoms with Crippen molar-refractivity contribution in [3.63, 3.8) is 0 Å². The van der Waals surface area contributed by atoms with Crippen molar-refractivity contribution in [2.75, 3.05) is 0 Å². The SMILES string of the molecule is C1=C(c2ccccc2)N=C(c2ccc(-c3nc4c5ccccc5sc4c4ccccc34)cc2)NC1c1ccc2ccc3cccc4ccc1c2c34. The van der Waals surface area contributed by atoms with Crippen LogP contribution in [0.2, 0.25) is 0 Å². The fourth-order valence-electron chi connectivity index (χ4n) is 8.04. The zero-order valence-corrected chi connectivity index (χ0v) is 28.3. The van der Waals surface area contributed by atoms with E-state index in [2.05, 4.69) is 169 Å². The van der Waals surface area contributed by atoms with Crippen LogP contribution in [0.15, 0.2) is 169 Å². The van der Waals surface area contributed by atoms with Gasteiger partial charge in [0.25, 0.3) is 0 Å². The Kier molecular flexibility index (Phi) is 6.18. The summed E-state index contributed by atoms with van der Waals surface area (Å²) in [6, 6.07) is 56.6. The summed E-state index contributed by atoms with van der Waals surface area (Å²) >= 11 is 1.82. The van der Waals surface area contributed by atoms with Gasteiger partial charge in [-0.15, -0.1) is 11.3 Å². The lowest BCUT2D eigenvalue weighted by molar-refractivity contribution is 0.788. The molecule has 4 heteroatoms. The monoisotopic (exact) mass is 667 g/mol. The summed E-state index contributed by atoms with van der Waals surface area (Å²) in [4.78, 5) is 10.6. The number of fused-ring (bicyclic) bond motifs is 5. The van der Waals surface area contributed by atoms with E-state index >= 15 is 0 Å². The predicted octanol–water partition coefficient (Wildman–Crippen LogP) is 12.3. The van der Waals surface area contributed by atoms with Gasteiger partial charge in [-0.1, -0.05) is 152 Å².